The van der Waals surface area contributed by atoms with E-state index in [-0.39, 0.29) is 12.5 Å². The molecule has 0 bridgehead atoms. The summed E-state index contributed by atoms with van der Waals surface area (Å²) in [7, 11) is -1.54. The van der Waals surface area contributed by atoms with Crippen molar-refractivity contribution in [1.82, 2.24) is 29.2 Å². The Labute approximate surface area is 441 Å². The molecule has 21 heteroatoms. The SMILES string of the molecule is COC1(C(=O)O)CCC(c2cc(N(COCC[Si](C)(C)C)COCC[Si](C)(C)C)n3nccc3n2)CC1.COC1(CO)CCC(c2cc(N(COCC[Si](C)(C)C)COCC[Si](C)(C)C)n3nccc3n2)CC1. The van der Waals surface area contributed by atoms with E-state index < -0.39 is 49.5 Å². The highest BCUT2D eigenvalue weighted by molar-refractivity contribution is 6.77. The Balaban J connectivity index is 0.000000271. The summed E-state index contributed by atoms with van der Waals surface area (Å²) in [6.45, 7) is 33.1. The second kappa shape index (κ2) is 26.8. The molecule has 2 N–H and O–H groups in total. The van der Waals surface area contributed by atoms with Gasteiger partial charge in [-0.1, -0.05) is 78.6 Å². The Bertz CT molecular complexity index is 2240. The maximum Gasteiger partial charge on any atom is 0.335 e. The fraction of sp³-hybridized carbons (Fsp3) is 0.750. The predicted octanol–water partition coefficient (Wildman–Crippen LogP) is 10.5. The van der Waals surface area contributed by atoms with Crippen LogP contribution in [-0.2, 0) is 33.2 Å². The third-order valence-corrected chi connectivity index (χ3v) is 21.2. The van der Waals surface area contributed by atoms with Crippen molar-refractivity contribution in [3.8, 4) is 0 Å². The van der Waals surface area contributed by atoms with E-state index in [2.05, 4.69) is 111 Å². The van der Waals surface area contributed by atoms with Gasteiger partial charge in [-0.15, -0.1) is 0 Å². The van der Waals surface area contributed by atoms with Gasteiger partial charge in [0.1, 0.15) is 38.6 Å². The zero-order valence-electron chi connectivity index (χ0n) is 47.3. The summed E-state index contributed by atoms with van der Waals surface area (Å²) >= 11 is 0. The van der Waals surface area contributed by atoms with Gasteiger partial charge in [0.2, 0.25) is 0 Å². The van der Waals surface area contributed by atoms with E-state index >= 15 is 0 Å². The van der Waals surface area contributed by atoms with E-state index in [1.54, 1.807) is 19.5 Å². The molecule has 0 aliphatic heterocycles. The average Bonchev–Trinajstić information content (AvgIpc) is 4.02. The van der Waals surface area contributed by atoms with Crippen molar-refractivity contribution in [2.45, 2.75) is 177 Å². The minimum Gasteiger partial charge on any atom is -0.479 e. The molecule has 2 aliphatic carbocycles. The molecule has 412 valence electrons. The Morgan fingerprint density at radius 3 is 1.22 bits per heavy atom. The number of carboxylic acids is 1. The number of carboxylic acid groups (broad SMARTS) is 1. The normalized spacial score (nSPS) is 21.1. The van der Waals surface area contributed by atoms with Gasteiger partial charge in [0, 0.05) is 120 Å². The molecule has 6 rings (SSSR count). The number of aliphatic carboxylic acids is 1. The Morgan fingerprint density at radius 2 is 0.932 bits per heavy atom. The number of hydrogen-bond acceptors (Lipinski definition) is 14. The second-order valence-corrected chi connectivity index (χ2v) is 47.8. The zero-order valence-corrected chi connectivity index (χ0v) is 51.3. The van der Waals surface area contributed by atoms with Crippen LogP contribution in [-0.4, -0.2) is 163 Å². The number of fused-ring (bicyclic) bond motifs is 2. The molecule has 0 amide bonds. The van der Waals surface area contributed by atoms with Gasteiger partial charge in [-0.25, -0.2) is 14.8 Å². The van der Waals surface area contributed by atoms with Gasteiger partial charge in [-0.2, -0.15) is 19.2 Å². The third-order valence-electron chi connectivity index (χ3n) is 14.4. The molecule has 4 aromatic heterocycles. The van der Waals surface area contributed by atoms with Crippen molar-refractivity contribution in [2.75, 3.05) is 84.0 Å². The number of anilines is 2. The average molecular weight is 1090 g/mol. The number of aromatic nitrogens is 6. The smallest absolute Gasteiger partial charge is 0.335 e. The molecular formula is C52H94N8O9Si4. The molecule has 0 radical (unpaired) electrons. The van der Waals surface area contributed by atoms with E-state index in [1.165, 1.54) is 7.11 Å². The van der Waals surface area contributed by atoms with Gasteiger partial charge in [-0.3, -0.25) is 0 Å². The molecule has 4 aromatic rings. The van der Waals surface area contributed by atoms with Crippen molar-refractivity contribution < 1.29 is 43.4 Å². The number of hydrogen-bond donors (Lipinski definition) is 2. The summed E-state index contributed by atoms with van der Waals surface area (Å²) < 4.78 is 39.5. The van der Waals surface area contributed by atoms with Gasteiger partial charge < -0.3 is 48.4 Å². The van der Waals surface area contributed by atoms with Crippen LogP contribution in [0.2, 0.25) is 103 Å². The van der Waals surface area contributed by atoms with Crippen molar-refractivity contribution >= 4 is 61.2 Å². The van der Waals surface area contributed by atoms with E-state index in [9.17, 15) is 15.0 Å². The fourth-order valence-electron chi connectivity index (χ4n) is 9.00. The highest BCUT2D eigenvalue weighted by Crippen LogP contribution is 2.41. The first-order valence-corrected chi connectivity index (χ1v) is 41.6. The van der Waals surface area contributed by atoms with Crippen LogP contribution >= 0.6 is 0 Å². The van der Waals surface area contributed by atoms with Gasteiger partial charge >= 0.3 is 5.97 Å². The molecule has 17 nitrogen and oxygen atoms in total. The van der Waals surface area contributed by atoms with E-state index in [0.717, 1.165) is 111 Å². The summed E-state index contributed by atoms with van der Waals surface area (Å²) in [4.78, 5) is 25.9. The maximum absolute atomic E-state index is 11.8. The lowest BCUT2D eigenvalue weighted by atomic mass is 9.77. The predicted molar refractivity (Wildman–Crippen MR) is 303 cm³/mol. The number of aliphatic hydroxyl groups excluding tert-OH is 1. The molecule has 73 heavy (non-hydrogen) atoms. The first kappa shape index (κ1) is 60.8. The lowest BCUT2D eigenvalue weighted by Crippen LogP contribution is -2.43. The Morgan fingerprint density at radius 1 is 0.589 bits per heavy atom. The van der Waals surface area contributed by atoms with Crippen LogP contribution in [0.15, 0.2) is 36.7 Å². The van der Waals surface area contributed by atoms with Gasteiger partial charge in [0.05, 0.1) is 24.6 Å². The summed E-state index contributed by atoms with van der Waals surface area (Å²) in [5.74, 6) is 1.43. The van der Waals surface area contributed by atoms with Gasteiger partial charge in [0.25, 0.3) is 0 Å². The number of carbonyl (C=O) groups is 1. The highest BCUT2D eigenvalue weighted by Gasteiger charge is 2.43. The molecule has 4 heterocycles. The monoisotopic (exact) mass is 1090 g/mol. The summed E-state index contributed by atoms with van der Waals surface area (Å²) in [5.41, 5.74) is 2.11. The van der Waals surface area contributed by atoms with Crippen molar-refractivity contribution in [3.63, 3.8) is 0 Å². The molecule has 0 spiro atoms. The van der Waals surface area contributed by atoms with Crippen molar-refractivity contribution in [3.05, 3.63) is 48.0 Å². The maximum atomic E-state index is 11.8. The topological polar surface area (TPSA) is 180 Å². The molecule has 0 aromatic carbocycles. The van der Waals surface area contributed by atoms with Gasteiger partial charge in [-0.05, 0) is 75.5 Å². The first-order valence-electron chi connectivity index (χ1n) is 26.7. The molecule has 2 fully saturated rings. The number of methoxy groups -OCH3 is 2. The summed E-state index contributed by atoms with van der Waals surface area (Å²) in [6.07, 6.45) is 9.43. The fourth-order valence-corrected chi connectivity index (χ4v) is 12.0. The van der Waals surface area contributed by atoms with Crippen LogP contribution in [0.4, 0.5) is 11.6 Å². The van der Waals surface area contributed by atoms with Gasteiger partial charge in [0.15, 0.2) is 16.9 Å². The zero-order chi connectivity index (χ0) is 53.7. The van der Waals surface area contributed by atoms with Crippen LogP contribution in [0.5, 0.6) is 0 Å². The minimum absolute atomic E-state index is 0.0634. The van der Waals surface area contributed by atoms with Crippen molar-refractivity contribution in [1.29, 1.82) is 0 Å². The molecule has 0 saturated heterocycles. The van der Waals surface area contributed by atoms with Crippen molar-refractivity contribution in [2.24, 2.45) is 0 Å². The Kier molecular flexibility index (Phi) is 22.3. The molecule has 2 aliphatic rings. The number of nitrogens with zero attached hydrogens (tertiary/aromatic N) is 8. The molecule has 2 saturated carbocycles. The van der Waals surface area contributed by atoms with Crippen LogP contribution in [0.25, 0.3) is 11.3 Å². The third kappa shape index (κ3) is 18.8. The lowest BCUT2D eigenvalue weighted by molar-refractivity contribution is -0.166. The number of rotatable bonds is 28. The summed E-state index contributed by atoms with van der Waals surface area (Å²) in [6, 6.07) is 12.6. The number of aliphatic hydroxyl groups is 1. The first-order chi connectivity index (χ1) is 34.3. The van der Waals surface area contributed by atoms with Crippen LogP contribution in [0.3, 0.4) is 0 Å². The number of ether oxygens (including phenoxy) is 6. The van der Waals surface area contributed by atoms with Crippen LogP contribution in [0, 0.1) is 0 Å². The van der Waals surface area contributed by atoms with E-state index in [4.69, 9.17) is 38.4 Å². The molecule has 0 atom stereocenters. The van der Waals surface area contributed by atoms with E-state index in [1.807, 2.05) is 21.2 Å². The minimum atomic E-state index is -1.20. The second-order valence-electron chi connectivity index (χ2n) is 25.3. The highest BCUT2D eigenvalue weighted by atomic mass is 28.3. The largest absolute Gasteiger partial charge is 0.479 e. The quantitative estimate of drug-likeness (QED) is 0.0311. The summed E-state index contributed by atoms with van der Waals surface area (Å²) in [5, 5.41) is 28.7. The molecular weight excluding hydrogens is 993 g/mol. The standard InChI is InChI=1S/C26H46N4O5Si2.C26H48N4O4Si2/c1-33-26(25(31)32)11-8-21(9-12-26)22-18-24(30-23(28-22)10-13-27-30)29(19-34-14-16-36(2,3)4)20-35-15-17-37(5,6)7;1-32-26(19-31)11-8-22(9-12-26)23-18-25(30-24(28-23)10-13-27-30)29(20-33-14-16-35(2,3)4)21-34-15-17-36(5,6)7/h10,13,18,21H,8-9,11-12,14-17,19-20H2,1-7H3,(H,31,32);10,13,18,22,31H,8-9,11-12,14-17,19-21H2,1-7H3. The van der Waals surface area contributed by atoms with E-state index in [0.29, 0.717) is 58.5 Å². The lowest BCUT2D eigenvalue weighted by Gasteiger charge is -2.37. The van der Waals surface area contributed by atoms with Crippen LogP contribution in [0.1, 0.15) is 74.6 Å². The van der Waals surface area contributed by atoms with Crippen LogP contribution < -0.4 is 9.80 Å². The Hall–Kier alpha value is -3.10. The molecule has 0 unspecified atom stereocenters.